The van der Waals surface area contributed by atoms with Crippen LogP contribution in [-0.2, 0) is 11.8 Å². The Morgan fingerprint density at radius 2 is 1.70 bits per heavy atom. The van der Waals surface area contributed by atoms with Gasteiger partial charge in [-0.15, -0.1) is 0 Å². The van der Waals surface area contributed by atoms with Crippen LogP contribution in [0.25, 0.3) is 0 Å². The van der Waals surface area contributed by atoms with Crippen molar-refractivity contribution in [3.05, 3.63) is 59.7 Å². The summed E-state index contributed by atoms with van der Waals surface area (Å²) < 4.78 is 11.7. The van der Waals surface area contributed by atoms with Crippen molar-refractivity contribution in [3.63, 3.8) is 0 Å². The first-order valence-corrected chi connectivity index (χ1v) is 9.94. The lowest BCUT2D eigenvalue weighted by Crippen LogP contribution is -2.19. The van der Waals surface area contributed by atoms with Gasteiger partial charge in [-0.1, -0.05) is 67.6 Å². The van der Waals surface area contributed by atoms with Crippen LogP contribution < -0.4 is 9.47 Å². The topological polar surface area (TPSA) is 18.5 Å². The molecule has 1 unspecified atom stereocenters. The first-order chi connectivity index (χ1) is 11.2. The second-order valence-electron chi connectivity index (χ2n) is 5.49. The van der Waals surface area contributed by atoms with E-state index in [0.29, 0.717) is 14.5 Å². The molecular formula is C19H24ClO2P. The van der Waals surface area contributed by atoms with Gasteiger partial charge in [-0.05, 0) is 32.4 Å². The zero-order valence-electron chi connectivity index (χ0n) is 13.9. The molecule has 0 saturated heterocycles. The van der Waals surface area contributed by atoms with Crippen LogP contribution in [0.15, 0.2) is 48.5 Å². The van der Waals surface area contributed by atoms with E-state index in [4.69, 9.17) is 20.7 Å². The summed E-state index contributed by atoms with van der Waals surface area (Å²) in [6.07, 6.45) is 1.95. The maximum atomic E-state index is 6.38. The van der Waals surface area contributed by atoms with Crippen molar-refractivity contribution in [2.75, 3.05) is 7.11 Å². The molecule has 0 aromatic heterocycles. The molecule has 0 fully saturated rings. The highest BCUT2D eigenvalue weighted by Crippen LogP contribution is 2.54. The van der Waals surface area contributed by atoms with Crippen LogP contribution in [0.4, 0.5) is 0 Å². The van der Waals surface area contributed by atoms with Crippen LogP contribution in [0.5, 0.6) is 11.5 Å². The van der Waals surface area contributed by atoms with Crippen LogP contribution in [-0.4, -0.2) is 7.11 Å². The third-order valence-corrected chi connectivity index (χ3v) is 6.75. The van der Waals surface area contributed by atoms with E-state index in [9.17, 15) is 0 Å². The standard InChI is InChI=1S/C19H24ClO2P/c1-4-19(5-2,23-20)16-12-9-13-17(21-3)18(16)22-14-15-10-7-6-8-11-15/h6-13,23H,4-5,14H2,1-3H3. The summed E-state index contributed by atoms with van der Waals surface area (Å²) in [7, 11) is 1.98. The molecule has 0 N–H and O–H groups in total. The average Bonchev–Trinajstić information content (AvgIpc) is 2.63. The average molecular weight is 351 g/mol. The van der Waals surface area contributed by atoms with E-state index in [2.05, 4.69) is 32.0 Å². The minimum atomic E-state index is -0.0673. The van der Waals surface area contributed by atoms with Gasteiger partial charge in [0.15, 0.2) is 11.5 Å². The maximum Gasteiger partial charge on any atom is 0.165 e. The summed E-state index contributed by atoms with van der Waals surface area (Å²) in [4.78, 5) is 0. The molecule has 124 valence electrons. The van der Waals surface area contributed by atoms with Crippen LogP contribution in [0, 0.1) is 0 Å². The Labute approximate surface area is 145 Å². The Morgan fingerprint density at radius 1 is 1.00 bits per heavy atom. The molecule has 0 bridgehead atoms. The molecule has 1 atom stereocenters. The highest BCUT2D eigenvalue weighted by molar-refractivity contribution is 7.69. The Balaban J connectivity index is 2.39. The highest BCUT2D eigenvalue weighted by Gasteiger charge is 2.32. The Kier molecular flexibility index (Phi) is 6.74. The number of hydrogen-bond acceptors (Lipinski definition) is 2. The van der Waals surface area contributed by atoms with Gasteiger partial charge < -0.3 is 9.47 Å². The number of halogens is 1. The summed E-state index contributed by atoms with van der Waals surface area (Å²) in [5, 5.41) is -0.0673. The lowest BCUT2D eigenvalue weighted by atomic mass is 9.91. The molecule has 0 aliphatic heterocycles. The lowest BCUT2D eigenvalue weighted by molar-refractivity contribution is 0.277. The quantitative estimate of drug-likeness (QED) is 0.534. The molecule has 0 heterocycles. The Hall–Kier alpha value is -1.24. The molecule has 2 aromatic carbocycles. The molecule has 2 aromatic rings. The first kappa shape index (κ1) is 18.1. The zero-order valence-corrected chi connectivity index (χ0v) is 15.7. The summed E-state index contributed by atoms with van der Waals surface area (Å²) in [6.45, 7) is 4.88. The van der Waals surface area contributed by atoms with Crippen LogP contribution in [0.2, 0.25) is 0 Å². The summed E-state index contributed by atoms with van der Waals surface area (Å²) >= 11 is 6.38. The molecule has 0 radical (unpaired) electrons. The van der Waals surface area contributed by atoms with Crippen LogP contribution in [0.3, 0.4) is 0 Å². The predicted molar refractivity (Wildman–Crippen MR) is 100 cm³/mol. The molecule has 23 heavy (non-hydrogen) atoms. The van der Waals surface area contributed by atoms with Gasteiger partial charge in [-0.3, -0.25) is 0 Å². The molecule has 0 amide bonds. The first-order valence-electron chi connectivity index (χ1n) is 7.92. The SMILES string of the molecule is CCC(CC)(PCl)c1cccc(OC)c1OCc1ccccc1. The van der Waals surface area contributed by atoms with Crippen molar-refractivity contribution < 1.29 is 9.47 Å². The van der Waals surface area contributed by atoms with E-state index in [-0.39, 0.29) is 5.16 Å². The molecular weight excluding hydrogens is 327 g/mol. The third-order valence-electron chi connectivity index (χ3n) is 4.33. The van der Waals surface area contributed by atoms with E-state index in [1.807, 2.05) is 30.3 Å². The van der Waals surface area contributed by atoms with Gasteiger partial charge >= 0.3 is 0 Å². The molecule has 2 rings (SSSR count). The van der Waals surface area contributed by atoms with E-state index < -0.39 is 0 Å². The van der Waals surface area contributed by atoms with Crippen molar-refractivity contribution >= 4 is 19.2 Å². The fourth-order valence-corrected chi connectivity index (χ4v) is 4.42. The maximum absolute atomic E-state index is 6.38. The van der Waals surface area contributed by atoms with Gasteiger partial charge in [0.2, 0.25) is 0 Å². The number of benzene rings is 2. The lowest BCUT2D eigenvalue weighted by Gasteiger charge is -2.32. The largest absolute Gasteiger partial charge is 0.493 e. The molecule has 4 heteroatoms. The van der Waals surface area contributed by atoms with Gasteiger partial charge in [0.05, 0.1) is 7.11 Å². The van der Waals surface area contributed by atoms with Crippen molar-refractivity contribution in [1.82, 2.24) is 0 Å². The monoisotopic (exact) mass is 350 g/mol. The molecule has 0 saturated carbocycles. The number of rotatable bonds is 8. The molecule has 2 nitrogen and oxygen atoms in total. The van der Waals surface area contributed by atoms with Gasteiger partial charge in [0, 0.05) is 10.7 Å². The third kappa shape index (κ3) is 4.00. The minimum absolute atomic E-state index is 0.0673. The Bertz CT molecular complexity index is 604. The van der Waals surface area contributed by atoms with E-state index in [1.54, 1.807) is 7.11 Å². The zero-order chi connectivity index (χ0) is 16.7. The minimum Gasteiger partial charge on any atom is -0.493 e. The fraction of sp³-hybridized carbons (Fsp3) is 0.368. The normalized spacial score (nSPS) is 11.8. The van der Waals surface area contributed by atoms with E-state index in [0.717, 1.165) is 35.5 Å². The van der Waals surface area contributed by atoms with Crippen molar-refractivity contribution in [2.24, 2.45) is 0 Å². The number of hydrogen-bond donors (Lipinski definition) is 0. The van der Waals surface area contributed by atoms with Gasteiger partial charge in [-0.2, -0.15) is 0 Å². The van der Waals surface area contributed by atoms with Crippen molar-refractivity contribution in [2.45, 2.75) is 38.5 Å². The fourth-order valence-electron chi connectivity index (χ4n) is 2.75. The summed E-state index contributed by atoms with van der Waals surface area (Å²) in [5.41, 5.74) is 2.28. The number of para-hydroxylation sites is 1. The smallest absolute Gasteiger partial charge is 0.165 e. The van der Waals surface area contributed by atoms with Crippen molar-refractivity contribution in [1.29, 1.82) is 0 Å². The van der Waals surface area contributed by atoms with Gasteiger partial charge in [0.25, 0.3) is 0 Å². The molecule has 0 aliphatic rings. The molecule has 0 aliphatic carbocycles. The van der Waals surface area contributed by atoms with E-state index in [1.165, 1.54) is 0 Å². The second-order valence-corrected chi connectivity index (χ2v) is 7.21. The van der Waals surface area contributed by atoms with Crippen LogP contribution >= 0.6 is 19.2 Å². The Morgan fingerprint density at radius 3 is 2.26 bits per heavy atom. The van der Waals surface area contributed by atoms with E-state index >= 15 is 0 Å². The summed E-state index contributed by atoms with van der Waals surface area (Å²) in [5.74, 6) is 1.58. The predicted octanol–water partition coefficient (Wildman–Crippen LogP) is 6.12. The van der Waals surface area contributed by atoms with Crippen LogP contribution in [0.1, 0.15) is 37.8 Å². The number of ether oxygens (including phenoxy) is 2. The highest BCUT2D eigenvalue weighted by atomic mass is 35.7. The van der Waals surface area contributed by atoms with Gasteiger partial charge in [-0.25, -0.2) is 0 Å². The number of methoxy groups -OCH3 is 1. The summed E-state index contributed by atoms with van der Waals surface area (Å²) in [6, 6.07) is 16.2. The van der Waals surface area contributed by atoms with Crippen molar-refractivity contribution in [3.8, 4) is 11.5 Å². The van der Waals surface area contributed by atoms with Gasteiger partial charge in [0.1, 0.15) is 6.61 Å². The molecule has 0 spiro atoms. The second kappa shape index (κ2) is 8.57.